The Morgan fingerprint density at radius 3 is 1.71 bits per heavy atom. The van der Waals surface area contributed by atoms with Crippen molar-refractivity contribution in [3.63, 3.8) is 0 Å². The maximum atomic E-state index is 14.0. The number of aromatic hydroxyl groups is 2. The van der Waals surface area contributed by atoms with Gasteiger partial charge in [-0.3, -0.25) is 9.59 Å². The number of hydrogen-bond donors (Lipinski definition) is 6. The number of aliphatic carboxylic acids is 2. The van der Waals surface area contributed by atoms with Crippen LogP contribution in [0.4, 0.5) is 0 Å². The second-order valence-electron chi connectivity index (χ2n) is 23.8. The number of carbonyl (C=O) groups is 4. The van der Waals surface area contributed by atoms with Gasteiger partial charge in [-0.1, -0.05) is 144 Å². The van der Waals surface area contributed by atoms with E-state index in [0.717, 1.165) is 54.8 Å². The van der Waals surface area contributed by atoms with Crippen LogP contribution in [0.25, 0.3) is 5.57 Å². The van der Waals surface area contributed by atoms with Crippen LogP contribution in [0.3, 0.4) is 0 Å². The lowest BCUT2D eigenvalue weighted by Gasteiger charge is -2.61. The van der Waals surface area contributed by atoms with Crippen LogP contribution in [0, 0.1) is 58.2 Å². The van der Waals surface area contributed by atoms with Crippen molar-refractivity contribution >= 4 is 52.5 Å². The van der Waals surface area contributed by atoms with Gasteiger partial charge in [-0.2, -0.15) is 0 Å². The van der Waals surface area contributed by atoms with E-state index >= 15 is 0 Å². The number of rotatable bonds is 20. The first-order chi connectivity index (χ1) is 35.8. The molecule has 5 unspecified atom stereocenters. The number of carbonyl (C=O) groups excluding carboxylic acids is 2. The van der Waals surface area contributed by atoms with Gasteiger partial charge in [0.15, 0.2) is 0 Å². The lowest BCUT2D eigenvalue weighted by atomic mass is 9.44. The standard InChI is InChI=1S/C63H78Cl2N2O8/c1-37(2)14-12-15-38(3)49-24-25-50-46-23-22-44-30-41(26-28-62(44,4)51(46)27-29-63(49,50)5)20-13-21-45(42-33-47(56(68)52(64)35-42)58(70)66-54(60(72)73)31-39-16-8-6-9-17-39)43-34-48(57(69)53(65)36-43)59(71)67-55(61(74)75)32-40-18-10-7-11-19-40/h6-11,16-19,21,33-38,41,44,46,49-51,54-55,68-69H,12-15,20,22-32H2,1-5H3,(H,66,70)(H,67,71)(H,72,73)(H,74,75)/t38?,41-,44?,46?,49+,50?,51?,54-,55-,62-,63+/m0/s1. The van der Waals surface area contributed by atoms with Gasteiger partial charge in [0.1, 0.15) is 23.6 Å². The normalized spacial score (nSPS) is 26.2. The molecule has 12 heteroatoms. The van der Waals surface area contributed by atoms with Crippen molar-refractivity contribution < 1.29 is 39.6 Å². The lowest BCUT2D eigenvalue weighted by molar-refractivity contribution is -0.140. The van der Waals surface area contributed by atoms with Gasteiger partial charge in [0.25, 0.3) is 11.8 Å². The first-order valence-corrected chi connectivity index (χ1v) is 28.4. The molecule has 75 heavy (non-hydrogen) atoms. The maximum Gasteiger partial charge on any atom is 0.326 e. The summed E-state index contributed by atoms with van der Waals surface area (Å²) in [5.41, 5.74) is 2.88. The average molecular weight is 1060 g/mol. The first kappa shape index (κ1) is 55.9. The molecular formula is C63H78Cl2N2O8. The Hall–Kier alpha value is -5.32. The molecule has 10 nitrogen and oxygen atoms in total. The number of hydrogen-bond acceptors (Lipinski definition) is 6. The summed E-state index contributed by atoms with van der Waals surface area (Å²) < 4.78 is 0. The quantitative estimate of drug-likeness (QED) is 0.0507. The molecule has 4 fully saturated rings. The Morgan fingerprint density at radius 1 is 0.667 bits per heavy atom. The summed E-state index contributed by atoms with van der Waals surface area (Å²) >= 11 is 13.4. The lowest BCUT2D eigenvalue weighted by Crippen LogP contribution is -2.53. The number of phenols is 2. The highest BCUT2D eigenvalue weighted by Crippen LogP contribution is 2.69. The summed E-state index contributed by atoms with van der Waals surface area (Å²) in [6, 6.07) is 21.0. The number of phenolic OH excluding ortho intramolecular Hbond substituents is 2. The third-order valence-electron chi connectivity index (χ3n) is 18.9. The fraction of sp³-hybridized carbons (Fsp3) is 0.524. The number of carboxylic acid groups (broad SMARTS) is 2. The minimum absolute atomic E-state index is 0.00686. The Balaban J connectivity index is 1.04. The third-order valence-corrected chi connectivity index (χ3v) is 19.5. The summed E-state index contributed by atoms with van der Waals surface area (Å²) in [6.07, 6.45) is 19.1. The molecule has 0 saturated heterocycles. The predicted octanol–water partition coefficient (Wildman–Crippen LogP) is 14.2. The van der Waals surface area contributed by atoms with E-state index in [-0.39, 0.29) is 34.0 Å². The Labute approximate surface area is 454 Å². The molecule has 8 rings (SSSR count). The van der Waals surface area contributed by atoms with Crippen LogP contribution in [0.1, 0.15) is 167 Å². The van der Waals surface area contributed by atoms with Gasteiger partial charge >= 0.3 is 11.9 Å². The number of carboxylic acids is 2. The van der Waals surface area contributed by atoms with Crippen molar-refractivity contribution in [3.05, 3.63) is 134 Å². The molecule has 0 radical (unpaired) electrons. The molecule has 0 aromatic heterocycles. The van der Waals surface area contributed by atoms with Crippen LogP contribution < -0.4 is 10.6 Å². The maximum absolute atomic E-state index is 14.0. The molecule has 402 valence electrons. The second-order valence-corrected chi connectivity index (χ2v) is 24.7. The number of benzene rings is 4. The first-order valence-electron chi connectivity index (χ1n) is 27.7. The predicted molar refractivity (Wildman–Crippen MR) is 297 cm³/mol. The molecule has 4 aliphatic carbocycles. The second kappa shape index (κ2) is 23.9. The SMILES string of the molecule is CC(C)CCCC(C)[C@H]1CCC2C3CCC4C[C@@H](CCC=C(c5cc(Cl)c(O)c(C(=O)N[C@@H](Cc6ccccc6)C(=O)O)c5)c5cc(Cl)c(O)c(C(=O)N[C@@H](Cc6ccccc6)C(=O)O)c5)CC[C@]4(C)C3CC[C@@]21C. The van der Waals surface area contributed by atoms with E-state index in [1.54, 1.807) is 48.5 Å². The summed E-state index contributed by atoms with van der Waals surface area (Å²) in [5.74, 6) is 0.606. The Morgan fingerprint density at radius 2 is 1.19 bits per heavy atom. The minimum atomic E-state index is -1.33. The molecule has 0 aliphatic heterocycles. The summed E-state index contributed by atoms with van der Waals surface area (Å²) in [4.78, 5) is 52.9. The van der Waals surface area contributed by atoms with E-state index in [2.05, 4.69) is 45.3 Å². The highest BCUT2D eigenvalue weighted by molar-refractivity contribution is 6.33. The van der Waals surface area contributed by atoms with Crippen molar-refractivity contribution in [1.29, 1.82) is 0 Å². The Bertz CT molecular complexity index is 2600. The van der Waals surface area contributed by atoms with E-state index in [9.17, 15) is 39.6 Å². The number of amides is 2. The molecule has 4 aliphatic rings. The van der Waals surface area contributed by atoms with Gasteiger partial charge < -0.3 is 31.1 Å². The number of fused-ring (bicyclic) bond motifs is 5. The van der Waals surface area contributed by atoms with E-state index in [4.69, 9.17) is 23.2 Å². The molecule has 4 aromatic carbocycles. The van der Waals surface area contributed by atoms with Gasteiger partial charge in [-0.05, 0) is 181 Å². The third kappa shape index (κ3) is 12.4. The van der Waals surface area contributed by atoms with Crippen molar-refractivity contribution in [2.24, 2.45) is 58.2 Å². The topological polar surface area (TPSA) is 173 Å². The van der Waals surface area contributed by atoms with Gasteiger partial charge in [0.05, 0.1) is 21.2 Å². The van der Waals surface area contributed by atoms with Crippen molar-refractivity contribution in [3.8, 4) is 11.5 Å². The van der Waals surface area contributed by atoms with Crippen molar-refractivity contribution in [1.82, 2.24) is 10.6 Å². The fourth-order valence-corrected chi connectivity index (χ4v) is 15.4. The number of nitrogens with one attached hydrogen (secondary N) is 2. The van der Waals surface area contributed by atoms with Crippen LogP contribution in [0.5, 0.6) is 11.5 Å². The molecule has 4 saturated carbocycles. The smallest absolute Gasteiger partial charge is 0.326 e. The molecule has 0 heterocycles. The number of allylic oxidation sites excluding steroid dienone is 1. The summed E-state index contributed by atoms with van der Waals surface area (Å²) in [7, 11) is 0. The Kier molecular flexibility index (Phi) is 17.8. The van der Waals surface area contributed by atoms with Crippen LogP contribution >= 0.6 is 23.2 Å². The summed E-state index contributed by atoms with van der Waals surface area (Å²) in [5, 5.41) is 47.6. The van der Waals surface area contributed by atoms with Gasteiger partial charge in [-0.25, -0.2) is 9.59 Å². The zero-order valence-electron chi connectivity index (χ0n) is 44.4. The zero-order chi connectivity index (χ0) is 53.8. The number of halogens is 2. The van der Waals surface area contributed by atoms with E-state index in [1.165, 1.54) is 88.5 Å². The van der Waals surface area contributed by atoms with Crippen LogP contribution in [0.15, 0.2) is 91.0 Å². The fourth-order valence-electron chi connectivity index (χ4n) is 14.9. The van der Waals surface area contributed by atoms with Crippen LogP contribution in [-0.2, 0) is 22.4 Å². The largest absolute Gasteiger partial charge is 0.506 e. The van der Waals surface area contributed by atoms with Crippen LogP contribution in [-0.4, -0.2) is 56.3 Å². The molecular weight excluding hydrogens is 984 g/mol. The van der Waals surface area contributed by atoms with Crippen molar-refractivity contribution in [2.75, 3.05) is 0 Å². The monoisotopic (exact) mass is 1060 g/mol. The molecule has 2 amide bonds. The molecule has 0 spiro atoms. The van der Waals surface area contributed by atoms with Crippen molar-refractivity contribution in [2.45, 2.75) is 149 Å². The van der Waals surface area contributed by atoms with Gasteiger partial charge in [0, 0.05) is 12.8 Å². The van der Waals surface area contributed by atoms with E-state index < -0.39 is 47.3 Å². The molecule has 0 bridgehead atoms. The molecule has 11 atom stereocenters. The van der Waals surface area contributed by atoms with E-state index in [1.807, 2.05) is 18.2 Å². The van der Waals surface area contributed by atoms with E-state index in [0.29, 0.717) is 56.9 Å². The zero-order valence-corrected chi connectivity index (χ0v) is 45.9. The highest BCUT2D eigenvalue weighted by Gasteiger charge is 2.60. The average Bonchev–Trinajstić information content (AvgIpc) is 3.76. The molecule has 4 aromatic rings. The van der Waals surface area contributed by atoms with Crippen LogP contribution in [0.2, 0.25) is 10.0 Å². The minimum Gasteiger partial charge on any atom is -0.506 e. The van der Waals surface area contributed by atoms with Gasteiger partial charge in [-0.15, -0.1) is 0 Å². The molecule has 6 N–H and O–H groups in total. The highest BCUT2D eigenvalue weighted by atomic mass is 35.5. The van der Waals surface area contributed by atoms with Gasteiger partial charge in [0.2, 0.25) is 0 Å². The summed E-state index contributed by atoms with van der Waals surface area (Å²) in [6.45, 7) is 12.5.